The second-order valence-corrected chi connectivity index (χ2v) is 2.38. The van der Waals surface area contributed by atoms with Crippen molar-refractivity contribution in [3.63, 3.8) is 0 Å². The summed E-state index contributed by atoms with van der Waals surface area (Å²) in [5, 5.41) is 3.21. The van der Waals surface area contributed by atoms with Gasteiger partial charge in [0.05, 0.1) is 6.04 Å². The van der Waals surface area contributed by atoms with Crippen molar-refractivity contribution in [3.05, 3.63) is 36.9 Å². The fourth-order valence-corrected chi connectivity index (χ4v) is 0.971. The molecule has 1 rings (SSSR count). The van der Waals surface area contributed by atoms with E-state index in [0.29, 0.717) is 0 Å². The molecule has 1 aromatic rings. The van der Waals surface area contributed by atoms with Gasteiger partial charge < -0.3 is 5.32 Å². The zero-order valence-electron chi connectivity index (χ0n) is 7.20. The third-order valence-corrected chi connectivity index (χ3v) is 1.52. The summed E-state index contributed by atoms with van der Waals surface area (Å²) in [6.07, 6.45) is 5.27. The highest BCUT2D eigenvalue weighted by Crippen LogP contribution is 2.05. The van der Waals surface area contributed by atoms with Gasteiger partial charge in [0.1, 0.15) is 5.82 Å². The molecule has 0 fully saturated rings. The van der Waals surface area contributed by atoms with Crippen LogP contribution in [0.5, 0.6) is 0 Å². The Labute approximate surface area is 72.6 Å². The molecule has 0 aliphatic rings. The van der Waals surface area contributed by atoms with E-state index < -0.39 is 0 Å². The number of likely N-dealkylation sites (N-methyl/N-ethyl adjacent to an activating group) is 1. The third kappa shape index (κ3) is 2.13. The Morgan fingerprint density at radius 3 is 2.75 bits per heavy atom. The van der Waals surface area contributed by atoms with Crippen LogP contribution in [0.2, 0.25) is 0 Å². The maximum atomic E-state index is 4.12. The zero-order valence-corrected chi connectivity index (χ0v) is 7.20. The summed E-state index contributed by atoms with van der Waals surface area (Å²) in [7, 11) is 0. The second kappa shape index (κ2) is 4.62. The molecular formula is C9H13N3. The monoisotopic (exact) mass is 163 g/mol. The Morgan fingerprint density at radius 2 is 2.25 bits per heavy atom. The van der Waals surface area contributed by atoms with E-state index >= 15 is 0 Å². The summed E-state index contributed by atoms with van der Waals surface area (Å²) in [6, 6.07) is 1.87. The largest absolute Gasteiger partial charge is 0.304 e. The summed E-state index contributed by atoms with van der Waals surface area (Å²) >= 11 is 0. The first-order valence-electron chi connectivity index (χ1n) is 4.01. The van der Waals surface area contributed by atoms with Crippen molar-refractivity contribution in [2.75, 3.05) is 6.54 Å². The number of aromatic nitrogens is 2. The van der Waals surface area contributed by atoms with Crippen LogP contribution in [0.4, 0.5) is 0 Å². The fraction of sp³-hybridized carbons (Fsp3) is 0.333. The van der Waals surface area contributed by atoms with E-state index in [1.54, 1.807) is 24.5 Å². The summed E-state index contributed by atoms with van der Waals surface area (Å²) < 4.78 is 0. The SMILES string of the molecule is C=CC(NCC)c1ncccn1. The number of rotatable bonds is 4. The Kier molecular flexibility index (Phi) is 3.41. The molecule has 0 saturated carbocycles. The second-order valence-electron chi connectivity index (χ2n) is 2.38. The molecule has 0 saturated heterocycles. The average molecular weight is 163 g/mol. The summed E-state index contributed by atoms with van der Waals surface area (Å²) in [4.78, 5) is 8.25. The standard InChI is InChI=1S/C9H13N3/c1-3-8(10-4-2)9-11-6-5-7-12-9/h3,5-8,10H,1,4H2,2H3. The molecule has 0 bridgehead atoms. The van der Waals surface area contributed by atoms with Crippen LogP contribution in [0.1, 0.15) is 18.8 Å². The Hall–Kier alpha value is -1.22. The van der Waals surface area contributed by atoms with Gasteiger partial charge >= 0.3 is 0 Å². The van der Waals surface area contributed by atoms with Gasteiger partial charge in [0.15, 0.2) is 0 Å². The first-order chi connectivity index (χ1) is 5.88. The van der Waals surface area contributed by atoms with Crippen LogP contribution < -0.4 is 5.32 Å². The van der Waals surface area contributed by atoms with E-state index in [9.17, 15) is 0 Å². The summed E-state index contributed by atoms with van der Waals surface area (Å²) in [5.41, 5.74) is 0. The average Bonchev–Trinajstić information content (AvgIpc) is 2.15. The van der Waals surface area contributed by atoms with Gasteiger partial charge in [0.25, 0.3) is 0 Å². The van der Waals surface area contributed by atoms with Crippen molar-refractivity contribution in [1.82, 2.24) is 15.3 Å². The van der Waals surface area contributed by atoms with E-state index in [-0.39, 0.29) is 6.04 Å². The van der Waals surface area contributed by atoms with Crippen LogP contribution in [-0.4, -0.2) is 16.5 Å². The van der Waals surface area contributed by atoms with Gasteiger partial charge in [-0.1, -0.05) is 13.0 Å². The minimum atomic E-state index is 0.0659. The van der Waals surface area contributed by atoms with Gasteiger partial charge in [0, 0.05) is 12.4 Å². The van der Waals surface area contributed by atoms with Crippen LogP contribution in [0.3, 0.4) is 0 Å². The van der Waals surface area contributed by atoms with Crippen molar-refractivity contribution >= 4 is 0 Å². The minimum Gasteiger partial charge on any atom is -0.304 e. The van der Waals surface area contributed by atoms with Gasteiger partial charge in [-0.05, 0) is 12.6 Å². The quantitative estimate of drug-likeness (QED) is 0.680. The molecule has 1 unspecified atom stereocenters. The van der Waals surface area contributed by atoms with Gasteiger partial charge in [0.2, 0.25) is 0 Å². The Morgan fingerprint density at radius 1 is 1.58 bits per heavy atom. The number of hydrogen-bond donors (Lipinski definition) is 1. The van der Waals surface area contributed by atoms with E-state index in [1.807, 2.05) is 6.92 Å². The van der Waals surface area contributed by atoms with Crippen LogP contribution in [-0.2, 0) is 0 Å². The minimum absolute atomic E-state index is 0.0659. The third-order valence-electron chi connectivity index (χ3n) is 1.52. The maximum absolute atomic E-state index is 4.12. The van der Waals surface area contributed by atoms with Crippen molar-refractivity contribution in [1.29, 1.82) is 0 Å². The van der Waals surface area contributed by atoms with Crippen molar-refractivity contribution in [3.8, 4) is 0 Å². The predicted molar refractivity (Wildman–Crippen MR) is 48.6 cm³/mol. The Bertz CT molecular complexity index is 233. The molecule has 0 amide bonds. The topological polar surface area (TPSA) is 37.8 Å². The van der Waals surface area contributed by atoms with Crippen LogP contribution in [0.15, 0.2) is 31.1 Å². The molecule has 0 spiro atoms. The molecule has 0 aliphatic carbocycles. The van der Waals surface area contributed by atoms with Crippen LogP contribution >= 0.6 is 0 Å². The molecule has 3 heteroatoms. The number of nitrogens with zero attached hydrogens (tertiary/aromatic N) is 2. The lowest BCUT2D eigenvalue weighted by Gasteiger charge is -2.10. The highest BCUT2D eigenvalue weighted by molar-refractivity contribution is 5.03. The first kappa shape index (κ1) is 8.87. The van der Waals surface area contributed by atoms with Gasteiger partial charge in [-0.25, -0.2) is 9.97 Å². The van der Waals surface area contributed by atoms with Gasteiger partial charge in [-0.15, -0.1) is 6.58 Å². The fourth-order valence-electron chi connectivity index (χ4n) is 0.971. The lowest BCUT2D eigenvalue weighted by atomic mass is 10.2. The van der Waals surface area contributed by atoms with Crippen molar-refractivity contribution < 1.29 is 0 Å². The van der Waals surface area contributed by atoms with E-state index in [0.717, 1.165) is 12.4 Å². The molecule has 1 N–H and O–H groups in total. The molecule has 0 aromatic carbocycles. The highest BCUT2D eigenvalue weighted by atomic mass is 15.0. The van der Waals surface area contributed by atoms with Crippen molar-refractivity contribution in [2.24, 2.45) is 0 Å². The molecule has 0 radical (unpaired) electrons. The lowest BCUT2D eigenvalue weighted by Crippen LogP contribution is -2.20. The van der Waals surface area contributed by atoms with Crippen LogP contribution in [0, 0.1) is 0 Å². The summed E-state index contributed by atoms with van der Waals surface area (Å²) in [5.74, 6) is 0.773. The predicted octanol–water partition coefficient (Wildman–Crippen LogP) is 1.31. The molecular weight excluding hydrogens is 150 g/mol. The molecule has 1 heterocycles. The zero-order chi connectivity index (χ0) is 8.81. The molecule has 3 nitrogen and oxygen atoms in total. The lowest BCUT2D eigenvalue weighted by molar-refractivity contribution is 0.614. The van der Waals surface area contributed by atoms with E-state index in [4.69, 9.17) is 0 Å². The van der Waals surface area contributed by atoms with Gasteiger partial charge in [-0.2, -0.15) is 0 Å². The van der Waals surface area contributed by atoms with E-state index in [2.05, 4.69) is 21.9 Å². The molecule has 64 valence electrons. The normalized spacial score (nSPS) is 12.4. The molecule has 1 atom stereocenters. The van der Waals surface area contributed by atoms with Gasteiger partial charge in [-0.3, -0.25) is 0 Å². The van der Waals surface area contributed by atoms with Crippen LogP contribution in [0.25, 0.3) is 0 Å². The Balaban J connectivity index is 2.73. The molecule has 12 heavy (non-hydrogen) atoms. The maximum Gasteiger partial charge on any atom is 0.148 e. The first-order valence-corrected chi connectivity index (χ1v) is 4.01. The molecule has 0 aliphatic heterocycles. The summed E-state index contributed by atoms with van der Waals surface area (Å²) in [6.45, 7) is 6.64. The number of hydrogen-bond acceptors (Lipinski definition) is 3. The smallest absolute Gasteiger partial charge is 0.148 e. The molecule has 1 aromatic heterocycles. The van der Waals surface area contributed by atoms with Crippen molar-refractivity contribution in [2.45, 2.75) is 13.0 Å². The van der Waals surface area contributed by atoms with E-state index in [1.165, 1.54) is 0 Å². The number of nitrogens with one attached hydrogen (secondary N) is 1. The highest BCUT2D eigenvalue weighted by Gasteiger charge is 2.06.